The van der Waals surface area contributed by atoms with Crippen molar-refractivity contribution in [1.82, 2.24) is 9.88 Å². The number of carbonyl (C=O) groups is 3. The minimum atomic E-state index is -0.639. The van der Waals surface area contributed by atoms with E-state index in [-0.39, 0.29) is 11.5 Å². The Morgan fingerprint density at radius 1 is 1.00 bits per heavy atom. The van der Waals surface area contributed by atoms with Gasteiger partial charge in [0.25, 0.3) is 5.91 Å². The lowest BCUT2D eigenvalue weighted by Crippen LogP contribution is -2.27. The first-order valence-electron chi connectivity index (χ1n) is 10.6. The molecule has 0 aliphatic carbocycles. The highest BCUT2D eigenvalue weighted by molar-refractivity contribution is 6.02. The van der Waals surface area contributed by atoms with Crippen LogP contribution in [0.2, 0.25) is 0 Å². The van der Waals surface area contributed by atoms with Crippen molar-refractivity contribution in [2.24, 2.45) is 0 Å². The van der Waals surface area contributed by atoms with Crippen molar-refractivity contribution in [3.05, 3.63) is 47.3 Å². The number of ketones is 1. The predicted octanol–water partition coefficient (Wildman–Crippen LogP) is 3.48. The van der Waals surface area contributed by atoms with E-state index in [9.17, 15) is 14.4 Å². The number of likely N-dealkylation sites (tertiary alicyclic amines) is 1. The maximum atomic E-state index is 12.4. The van der Waals surface area contributed by atoms with Crippen LogP contribution in [0.15, 0.2) is 30.5 Å². The number of Topliss-reactive ketones (excluding diaryl/α,β-unsaturated/α-hetero) is 1. The quantitative estimate of drug-likeness (QED) is 0.460. The summed E-state index contributed by atoms with van der Waals surface area (Å²) in [6.07, 6.45) is 4.30. The van der Waals surface area contributed by atoms with Gasteiger partial charge in [0, 0.05) is 24.8 Å². The van der Waals surface area contributed by atoms with Crippen molar-refractivity contribution in [3.8, 4) is 11.5 Å². The molecule has 0 unspecified atom stereocenters. The second kappa shape index (κ2) is 10.7. The number of esters is 1. The maximum Gasteiger partial charge on any atom is 0.338 e. The number of nitrogens with zero attached hydrogens (tertiary/aromatic N) is 1. The van der Waals surface area contributed by atoms with Crippen LogP contribution in [0.25, 0.3) is 0 Å². The van der Waals surface area contributed by atoms with E-state index in [0.717, 1.165) is 32.4 Å². The summed E-state index contributed by atoms with van der Waals surface area (Å²) in [5.74, 6) is -0.146. The highest BCUT2D eigenvalue weighted by Gasteiger charge is 2.22. The Morgan fingerprint density at radius 2 is 1.77 bits per heavy atom. The highest BCUT2D eigenvalue weighted by Crippen LogP contribution is 2.29. The van der Waals surface area contributed by atoms with Crippen molar-refractivity contribution in [2.45, 2.75) is 33.1 Å². The zero-order valence-corrected chi connectivity index (χ0v) is 17.9. The van der Waals surface area contributed by atoms with Gasteiger partial charge in [-0.25, -0.2) is 4.79 Å². The largest absolute Gasteiger partial charge is 0.490 e. The Hall–Kier alpha value is -3.29. The van der Waals surface area contributed by atoms with Gasteiger partial charge in [-0.05, 0) is 50.5 Å². The summed E-state index contributed by atoms with van der Waals surface area (Å²) in [4.78, 5) is 41.8. The zero-order chi connectivity index (χ0) is 22.2. The summed E-state index contributed by atoms with van der Waals surface area (Å²) in [6, 6.07) is 6.28. The van der Waals surface area contributed by atoms with E-state index in [1.54, 1.807) is 23.1 Å². The number of benzene rings is 1. The SMILES string of the molecule is CCCOc1ccc(C(=O)OCC(=O)c2c[nH]c(C(=O)N3CCCC3)c2)cc1OCC. The van der Waals surface area contributed by atoms with Gasteiger partial charge in [0.2, 0.25) is 5.78 Å². The summed E-state index contributed by atoms with van der Waals surface area (Å²) in [7, 11) is 0. The average Bonchev–Trinajstić information content (AvgIpc) is 3.48. The standard InChI is InChI=1S/C23H28N2O6/c1-3-11-30-20-8-7-16(13-21(20)29-4-2)23(28)31-15-19(26)17-12-18(24-14-17)22(27)25-9-5-6-10-25/h7-8,12-14,24H,3-6,9-11,15H2,1-2H3. The molecule has 0 radical (unpaired) electrons. The van der Waals surface area contributed by atoms with Gasteiger partial charge in [-0.2, -0.15) is 0 Å². The number of nitrogens with one attached hydrogen (secondary N) is 1. The topological polar surface area (TPSA) is 97.9 Å². The monoisotopic (exact) mass is 428 g/mol. The van der Waals surface area contributed by atoms with Gasteiger partial charge in [0.1, 0.15) is 5.69 Å². The second-order valence-corrected chi connectivity index (χ2v) is 7.24. The Labute approximate surface area is 181 Å². The van der Waals surface area contributed by atoms with Gasteiger partial charge < -0.3 is 24.1 Å². The van der Waals surface area contributed by atoms with Crippen LogP contribution in [0, 0.1) is 0 Å². The smallest absolute Gasteiger partial charge is 0.338 e. The second-order valence-electron chi connectivity index (χ2n) is 7.24. The molecule has 1 saturated heterocycles. The molecular weight excluding hydrogens is 400 g/mol. The maximum absolute atomic E-state index is 12.4. The highest BCUT2D eigenvalue weighted by atomic mass is 16.5. The summed E-state index contributed by atoms with van der Waals surface area (Å²) in [6.45, 7) is 5.83. The average molecular weight is 428 g/mol. The van der Waals surface area contributed by atoms with Crippen molar-refractivity contribution in [3.63, 3.8) is 0 Å². The molecule has 0 saturated carbocycles. The molecule has 8 heteroatoms. The van der Waals surface area contributed by atoms with E-state index in [1.807, 2.05) is 13.8 Å². The van der Waals surface area contributed by atoms with Crippen LogP contribution in [0.5, 0.6) is 11.5 Å². The van der Waals surface area contributed by atoms with Gasteiger partial charge in [-0.15, -0.1) is 0 Å². The number of H-pyrrole nitrogens is 1. The third kappa shape index (κ3) is 5.65. The lowest BCUT2D eigenvalue weighted by molar-refractivity contribution is 0.0474. The fourth-order valence-electron chi connectivity index (χ4n) is 3.30. The Morgan fingerprint density at radius 3 is 2.48 bits per heavy atom. The Bertz CT molecular complexity index is 930. The van der Waals surface area contributed by atoms with E-state index in [4.69, 9.17) is 14.2 Å². The molecule has 1 aliphatic heterocycles. The molecule has 8 nitrogen and oxygen atoms in total. The minimum Gasteiger partial charge on any atom is -0.490 e. The number of amides is 1. The number of hydrogen-bond donors (Lipinski definition) is 1. The van der Waals surface area contributed by atoms with Crippen molar-refractivity contribution in [2.75, 3.05) is 32.9 Å². The molecular formula is C23H28N2O6. The number of rotatable bonds is 10. The van der Waals surface area contributed by atoms with E-state index < -0.39 is 18.4 Å². The molecule has 0 spiro atoms. The van der Waals surface area contributed by atoms with E-state index in [2.05, 4.69) is 4.98 Å². The summed E-state index contributed by atoms with van der Waals surface area (Å²) < 4.78 is 16.3. The number of ether oxygens (including phenoxy) is 3. The van der Waals surface area contributed by atoms with E-state index in [1.165, 1.54) is 12.3 Å². The van der Waals surface area contributed by atoms with Gasteiger partial charge in [0.15, 0.2) is 18.1 Å². The summed E-state index contributed by atoms with van der Waals surface area (Å²) >= 11 is 0. The molecule has 0 bridgehead atoms. The van der Waals surface area contributed by atoms with Crippen LogP contribution in [0.3, 0.4) is 0 Å². The molecule has 1 aromatic heterocycles. The van der Waals surface area contributed by atoms with Crippen LogP contribution in [-0.4, -0.2) is 60.5 Å². The van der Waals surface area contributed by atoms with Gasteiger partial charge >= 0.3 is 5.97 Å². The third-order valence-electron chi connectivity index (χ3n) is 4.90. The first-order valence-corrected chi connectivity index (χ1v) is 10.6. The molecule has 1 N–H and O–H groups in total. The molecule has 31 heavy (non-hydrogen) atoms. The lowest BCUT2D eigenvalue weighted by atomic mass is 10.2. The normalized spacial score (nSPS) is 13.2. The summed E-state index contributed by atoms with van der Waals surface area (Å²) in [5, 5.41) is 0. The van der Waals surface area contributed by atoms with Crippen LogP contribution in [-0.2, 0) is 4.74 Å². The zero-order valence-electron chi connectivity index (χ0n) is 17.9. The van der Waals surface area contributed by atoms with E-state index in [0.29, 0.717) is 36.0 Å². The first-order chi connectivity index (χ1) is 15.0. The fraction of sp³-hybridized carbons (Fsp3) is 0.435. The van der Waals surface area contributed by atoms with Gasteiger partial charge in [-0.3, -0.25) is 9.59 Å². The molecule has 2 aromatic rings. The lowest BCUT2D eigenvalue weighted by Gasteiger charge is -2.13. The van der Waals surface area contributed by atoms with E-state index >= 15 is 0 Å². The summed E-state index contributed by atoms with van der Waals surface area (Å²) in [5.41, 5.74) is 0.924. The Kier molecular flexibility index (Phi) is 7.70. The number of aromatic amines is 1. The third-order valence-corrected chi connectivity index (χ3v) is 4.90. The molecule has 1 aliphatic rings. The van der Waals surface area contributed by atoms with Crippen LogP contribution in [0.1, 0.15) is 64.3 Å². The number of hydrogen-bond acceptors (Lipinski definition) is 6. The molecule has 1 fully saturated rings. The predicted molar refractivity (Wildman–Crippen MR) is 114 cm³/mol. The molecule has 0 atom stereocenters. The molecule has 2 heterocycles. The molecule has 1 amide bonds. The Balaban J connectivity index is 1.59. The van der Waals surface area contributed by atoms with Gasteiger partial charge in [0.05, 0.1) is 18.8 Å². The van der Waals surface area contributed by atoms with Gasteiger partial charge in [-0.1, -0.05) is 6.92 Å². The minimum absolute atomic E-state index is 0.123. The first kappa shape index (κ1) is 22.4. The van der Waals surface area contributed by atoms with Crippen molar-refractivity contribution in [1.29, 1.82) is 0 Å². The van der Waals surface area contributed by atoms with Crippen LogP contribution < -0.4 is 9.47 Å². The molecule has 3 rings (SSSR count). The molecule has 1 aromatic carbocycles. The van der Waals surface area contributed by atoms with Crippen LogP contribution >= 0.6 is 0 Å². The fourth-order valence-corrected chi connectivity index (χ4v) is 3.30. The van der Waals surface area contributed by atoms with Crippen molar-refractivity contribution < 1.29 is 28.6 Å². The van der Waals surface area contributed by atoms with Crippen molar-refractivity contribution >= 4 is 17.7 Å². The van der Waals surface area contributed by atoms with Crippen LogP contribution in [0.4, 0.5) is 0 Å². The number of aromatic nitrogens is 1. The number of carbonyl (C=O) groups excluding carboxylic acids is 3. The molecule has 166 valence electrons.